The molecule has 0 rings (SSSR count). The quantitative estimate of drug-likeness (QED) is 0.128. The molecule has 0 radical (unpaired) electrons. The van der Waals surface area contributed by atoms with Crippen molar-refractivity contribution >= 4 is 11.6 Å². The molecule has 5 atom stereocenters. The van der Waals surface area contributed by atoms with E-state index in [0.717, 1.165) is 44.9 Å². The maximum absolute atomic E-state index is 12.1. The summed E-state index contributed by atoms with van der Waals surface area (Å²) >= 11 is 0. The monoisotopic (exact) mass is 470 g/mol. The van der Waals surface area contributed by atoms with E-state index in [1.807, 2.05) is 0 Å². The Kier molecular flexibility index (Phi) is 19.2. The normalized spacial score (nSPS) is 16.7. The van der Waals surface area contributed by atoms with Crippen LogP contribution in [0.4, 0.5) is 0 Å². The van der Waals surface area contributed by atoms with E-state index in [2.05, 4.69) is 31.2 Å². The average Bonchev–Trinajstić information content (AvgIpc) is 2.83. The van der Waals surface area contributed by atoms with E-state index in [1.165, 1.54) is 26.2 Å². The summed E-state index contributed by atoms with van der Waals surface area (Å²) in [5.74, 6) is -1.35. The fraction of sp³-hybridized carbons (Fsp3) is 0.769. The molecule has 192 valence electrons. The van der Waals surface area contributed by atoms with E-state index in [-0.39, 0.29) is 12.8 Å². The number of ketones is 2. The lowest BCUT2D eigenvalue weighted by Gasteiger charge is -2.28. The minimum atomic E-state index is -2.01. The van der Waals surface area contributed by atoms with Crippen LogP contribution >= 0.6 is 0 Å². The average molecular weight is 471 g/mol. The highest BCUT2D eigenvalue weighted by molar-refractivity contribution is 5.84. The van der Waals surface area contributed by atoms with Gasteiger partial charge in [0.2, 0.25) is 0 Å². The molecule has 0 aromatic carbocycles. The van der Waals surface area contributed by atoms with Crippen molar-refractivity contribution in [2.24, 2.45) is 0 Å². The Morgan fingerprint density at radius 1 is 0.606 bits per heavy atom. The first-order chi connectivity index (χ1) is 15.8. The van der Waals surface area contributed by atoms with Crippen LogP contribution in [0.15, 0.2) is 24.3 Å². The number of unbranched alkanes of at least 4 members (excludes halogenated alkanes) is 8. The summed E-state index contributed by atoms with van der Waals surface area (Å²) in [7, 11) is 0. The lowest BCUT2D eigenvalue weighted by atomic mass is 9.93. The number of aliphatic hydroxyl groups is 5. The van der Waals surface area contributed by atoms with Gasteiger partial charge in [-0.3, -0.25) is 9.59 Å². The van der Waals surface area contributed by atoms with Gasteiger partial charge in [-0.15, -0.1) is 0 Å². The minimum absolute atomic E-state index is 0.0436. The van der Waals surface area contributed by atoms with Gasteiger partial charge in [0.05, 0.1) is 0 Å². The number of hydrogen-bond donors (Lipinski definition) is 5. The van der Waals surface area contributed by atoms with Gasteiger partial charge in [-0.2, -0.15) is 0 Å². The van der Waals surface area contributed by atoms with E-state index in [9.17, 15) is 35.1 Å². The molecule has 5 N–H and O–H groups in total. The summed E-state index contributed by atoms with van der Waals surface area (Å²) in [6, 6.07) is 0. The van der Waals surface area contributed by atoms with Crippen molar-refractivity contribution in [2.75, 3.05) is 0 Å². The molecule has 0 heterocycles. The summed E-state index contributed by atoms with van der Waals surface area (Å²) in [5.41, 5.74) is 0. The van der Waals surface area contributed by atoms with E-state index in [1.54, 1.807) is 0 Å². The number of carbonyl (C=O) groups is 2. The summed E-state index contributed by atoms with van der Waals surface area (Å²) in [6.45, 7) is 3.68. The van der Waals surface area contributed by atoms with Crippen LogP contribution in [0.25, 0.3) is 0 Å². The van der Waals surface area contributed by atoms with Crippen LogP contribution < -0.4 is 0 Å². The van der Waals surface area contributed by atoms with Crippen LogP contribution in [0.2, 0.25) is 0 Å². The Balaban J connectivity index is 3.93. The SMILES string of the molecule is CCCCC/C=C\C/C=C\CCCCCCCC(=O)C(O)[C@@H](O)[C@@H](O)[C@H](O)[C@@H](O)C(=O)CC. The van der Waals surface area contributed by atoms with Gasteiger partial charge in [-0.25, -0.2) is 0 Å². The molecule has 0 aromatic rings. The van der Waals surface area contributed by atoms with Crippen LogP contribution in [0.5, 0.6) is 0 Å². The third-order valence-corrected chi connectivity index (χ3v) is 5.73. The first kappa shape index (κ1) is 31.6. The van der Waals surface area contributed by atoms with Crippen LogP contribution in [-0.4, -0.2) is 67.6 Å². The molecule has 0 bridgehead atoms. The van der Waals surface area contributed by atoms with Gasteiger partial charge < -0.3 is 25.5 Å². The molecule has 1 unspecified atom stereocenters. The van der Waals surface area contributed by atoms with Crippen molar-refractivity contribution < 1.29 is 35.1 Å². The van der Waals surface area contributed by atoms with Gasteiger partial charge in [0.25, 0.3) is 0 Å². The minimum Gasteiger partial charge on any atom is -0.387 e. The highest BCUT2D eigenvalue weighted by Crippen LogP contribution is 2.14. The van der Waals surface area contributed by atoms with Crippen molar-refractivity contribution in [3.8, 4) is 0 Å². The molecule has 7 heteroatoms. The van der Waals surface area contributed by atoms with Gasteiger partial charge >= 0.3 is 0 Å². The fourth-order valence-electron chi connectivity index (χ4n) is 3.42. The molecule has 0 spiro atoms. The van der Waals surface area contributed by atoms with Crippen molar-refractivity contribution in [1.82, 2.24) is 0 Å². The number of carbonyl (C=O) groups excluding carboxylic acids is 2. The van der Waals surface area contributed by atoms with E-state index in [0.29, 0.717) is 6.42 Å². The second kappa shape index (κ2) is 20.0. The Morgan fingerprint density at radius 3 is 1.64 bits per heavy atom. The van der Waals surface area contributed by atoms with Crippen molar-refractivity contribution in [1.29, 1.82) is 0 Å². The molecule has 0 aliphatic heterocycles. The number of hydrogen-bond acceptors (Lipinski definition) is 7. The summed E-state index contributed by atoms with van der Waals surface area (Å²) in [6.07, 6.45) is 10.5. The number of aliphatic hydroxyl groups excluding tert-OH is 5. The highest BCUT2D eigenvalue weighted by Gasteiger charge is 2.38. The molecule has 0 saturated carbocycles. The molecule has 0 amide bonds. The van der Waals surface area contributed by atoms with Crippen LogP contribution in [0.3, 0.4) is 0 Å². The zero-order chi connectivity index (χ0) is 25.1. The van der Waals surface area contributed by atoms with Crippen LogP contribution in [0, 0.1) is 0 Å². The largest absolute Gasteiger partial charge is 0.387 e. The Bertz CT molecular complexity index is 573. The number of rotatable bonds is 21. The zero-order valence-electron chi connectivity index (χ0n) is 20.4. The lowest BCUT2D eigenvalue weighted by Crippen LogP contribution is -2.52. The van der Waals surface area contributed by atoms with Crippen molar-refractivity contribution in [3.63, 3.8) is 0 Å². The molecular formula is C26H46O7. The predicted octanol–water partition coefficient (Wildman–Crippen LogP) is 3.15. The molecule has 0 aliphatic rings. The van der Waals surface area contributed by atoms with Crippen LogP contribution in [0.1, 0.15) is 97.3 Å². The summed E-state index contributed by atoms with van der Waals surface area (Å²) < 4.78 is 0. The molecule has 0 aromatic heterocycles. The van der Waals surface area contributed by atoms with Gasteiger partial charge in [0.1, 0.15) is 30.5 Å². The second-order valence-corrected chi connectivity index (χ2v) is 8.63. The highest BCUT2D eigenvalue weighted by atomic mass is 16.4. The topological polar surface area (TPSA) is 135 Å². The number of Topliss-reactive ketones (excluding diaryl/α,β-unsaturated/α-hetero) is 2. The lowest BCUT2D eigenvalue weighted by molar-refractivity contribution is -0.158. The smallest absolute Gasteiger partial charge is 0.164 e. The first-order valence-corrected chi connectivity index (χ1v) is 12.5. The van der Waals surface area contributed by atoms with Crippen molar-refractivity contribution in [3.05, 3.63) is 24.3 Å². The standard InChI is InChI=1S/C26H46O7/c1-3-5-6-7-8-9-10-11-12-13-14-15-16-17-18-19-21(28)23(30)25(32)26(33)24(31)22(29)20(27)4-2/h8-9,11-12,22-26,29-33H,3-7,10,13-19H2,1-2H3/b9-8-,12-11-/t22-,23?,24+,25+,26-/m0/s1. The fourth-order valence-corrected chi connectivity index (χ4v) is 3.42. The number of allylic oxidation sites excluding steroid dienone is 4. The van der Waals surface area contributed by atoms with Gasteiger partial charge in [0, 0.05) is 12.8 Å². The summed E-state index contributed by atoms with van der Waals surface area (Å²) in [5, 5.41) is 49.2. The molecule has 33 heavy (non-hydrogen) atoms. The molecular weight excluding hydrogens is 424 g/mol. The van der Waals surface area contributed by atoms with Gasteiger partial charge in [-0.1, -0.05) is 70.3 Å². The van der Waals surface area contributed by atoms with E-state index in [4.69, 9.17) is 0 Å². The molecule has 0 aliphatic carbocycles. The zero-order valence-corrected chi connectivity index (χ0v) is 20.4. The molecule has 7 nitrogen and oxygen atoms in total. The Morgan fingerprint density at radius 2 is 1.09 bits per heavy atom. The molecule has 0 saturated heterocycles. The van der Waals surface area contributed by atoms with Gasteiger partial charge in [-0.05, 0) is 38.5 Å². The van der Waals surface area contributed by atoms with Gasteiger partial charge in [0.15, 0.2) is 11.6 Å². The Hall–Kier alpha value is -1.38. The van der Waals surface area contributed by atoms with E-state index < -0.39 is 42.1 Å². The molecule has 0 fully saturated rings. The predicted molar refractivity (Wildman–Crippen MR) is 130 cm³/mol. The second-order valence-electron chi connectivity index (χ2n) is 8.63. The summed E-state index contributed by atoms with van der Waals surface area (Å²) in [4.78, 5) is 23.5. The van der Waals surface area contributed by atoms with Crippen LogP contribution in [-0.2, 0) is 9.59 Å². The third kappa shape index (κ3) is 14.5. The maximum Gasteiger partial charge on any atom is 0.164 e. The first-order valence-electron chi connectivity index (χ1n) is 12.5. The third-order valence-electron chi connectivity index (χ3n) is 5.73. The van der Waals surface area contributed by atoms with Crippen molar-refractivity contribution in [2.45, 2.75) is 128 Å². The Labute approximate surface area is 199 Å². The van der Waals surface area contributed by atoms with E-state index >= 15 is 0 Å². The maximum atomic E-state index is 12.1.